The minimum absolute atomic E-state index is 0.0480. The van der Waals surface area contributed by atoms with Gasteiger partial charge in [0.15, 0.2) is 11.6 Å². The molecule has 1 aliphatic carbocycles. The summed E-state index contributed by atoms with van der Waals surface area (Å²) in [6.07, 6.45) is 4.27. The molecule has 1 aliphatic rings. The van der Waals surface area contributed by atoms with Gasteiger partial charge in [0, 0.05) is 11.6 Å². The van der Waals surface area contributed by atoms with Crippen LogP contribution < -0.4 is 9.46 Å². The molecule has 0 spiro atoms. The number of halogens is 4. The van der Waals surface area contributed by atoms with Gasteiger partial charge in [-0.15, -0.1) is 0 Å². The molecule has 162 valence electrons. The standard InChI is InChI=1S/C20H19ClF3NO4S/c21-15-8-14(17(23)9-18(15)29-10-12-4-1-2-5-12)20(26)25-30(27,28)11-13-6-3-7-16(22)19(13)24/h3,6-9,12H,1-2,4-5,10-11H2,(H,25,26). The molecule has 30 heavy (non-hydrogen) atoms. The number of carbonyl (C=O) groups is 1. The predicted octanol–water partition coefficient (Wildman–Crippen LogP) is 4.59. The molecule has 0 unspecified atom stereocenters. The molecule has 1 N–H and O–H groups in total. The third-order valence-corrected chi connectivity index (χ3v) is 6.32. The maximum absolute atomic E-state index is 14.4. The summed E-state index contributed by atoms with van der Waals surface area (Å²) < 4.78 is 72.8. The van der Waals surface area contributed by atoms with E-state index in [9.17, 15) is 26.4 Å². The molecule has 0 aromatic heterocycles. The van der Waals surface area contributed by atoms with E-state index >= 15 is 0 Å². The van der Waals surface area contributed by atoms with Gasteiger partial charge in [-0.3, -0.25) is 4.79 Å². The number of sulfonamides is 1. The van der Waals surface area contributed by atoms with Gasteiger partial charge in [0.1, 0.15) is 11.6 Å². The van der Waals surface area contributed by atoms with Crippen molar-refractivity contribution in [2.24, 2.45) is 5.92 Å². The van der Waals surface area contributed by atoms with E-state index in [1.54, 1.807) is 4.72 Å². The van der Waals surface area contributed by atoms with E-state index in [0.717, 1.165) is 56.0 Å². The summed E-state index contributed by atoms with van der Waals surface area (Å²) in [7, 11) is -4.43. The molecular formula is C20H19ClF3NO4S. The molecule has 2 aromatic rings. The normalized spacial score (nSPS) is 14.7. The Balaban J connectivity index is 1.71. The summed E-state index contributed by atoms with van der Waals surface area (Å²) in [5.41, 5.74) is -1.08. The van der Waals surface area contributed by atoms with Crippen LogP contribution in [0.3, 0.4) is 0 Å². The number of benzene rings is 2. The summed E-state index contributed by atoms with van der Waals surface area (Å²) in [5.74, 6) is -5.45. The van der Waals surface area contributed by atoms with E-state index in [2.05, 4.69) is 0 Å². The topological polar surface area (TPSA) is 72.5 Å². The molecule has 0 radical (unpaired) electrons. The molecule has 2 aromatic carbocycles. The summed E-state index contributed by atoms with van der Waals surface area (Å²) >= 11 is 6.06. The van der Waals surface area contributed by atoms with Crippen LogP contribution in [-0.4, -0.2) is 20.9 Å². The maximum Gasteiger partial charge on any atom is 0.267 e. The fraction of sp³-hybridized carbons (Fsp3) is 0.350. The Morgan fingerprint density at radius 1 is 1.13 bits per heavy atom. The lowest BCUT2D eigenvalue weighted by Crippen LogP contribution is -2.32. The zero-order valence-electron chi connectivity index (χ0n) is 15.8. The highest BCUT2D eigenvalue weighted by Gasteiger charge is 2.24. The fourth-order valence-corrected chi connectivity index (χ4v) is 4.61. The molecule has 0 bridgehead atoms. The Hall–Kier alpha value is -2.26. The monoisotopic (exact) mass is 461 g/mol. The van der Waals surface area contributed by atoms with Crippen LogP contribution in [0.2, 0.25) is 5.02 Å². The van der Waals surface area contributed by atoms with Gasteiger partial charge >= 0.3 is 0 Å². The quantitative estimate of drug-likeness (QED) is 0.654. The smallest absolute Gasteiger partial charge is 0.267 e. The van der Waals surface area contributed by atoms with Crippen molar-refractivity contribution in [3.05, 3.63) is 63.9 Å². The largest absolute Gasteiger partial charge is 0.492 e. The molecule has 5 nitrogen and oxygen atoms in total. The molecule has 1 amide bonds. The second-order valence-corrected chi connectivity index (χ2v) is 9.26. The van der Waals surface area contributed by atoms with E-state index in [-0.39, 0.29) is 10.8 Å². The van der Waals surface area contributed by atoms with E-state index < -0.39 is 50.3 Å². The van der Waals surface area contributed by atoms with Crippen LogP contribution in [0.4, 0.5) is 13.2 Å². The third kappa shape index (κ3) is 5.46. The summed E-state index contributed by atoms with van der Waals surface area (Å²) in [6, 6.07) is 4.92. The van der Waals surface area contributed by atoms with Gasteiger partial charge < -0.3 is 4.74 Å². The average molecular weight is 462 g/mol. The molecule has 0 atom stereocenters. The van der Waals surface area contributed by atoms with E-state index in [0.29, 0.717) is 12.5 Å². The van der Waals surface area contributed by atoms with Crippen LogP contribution in [0, 0.1) is 23.4 Å². The number of ether oxygens (including phenoxy) is 1. The van der Waals surface area contributed by atoms with Gasteiger partial charge in [-0.2, -0.15) is 0 Å². The average Bonchev–Trinajstić information content (AvgIpc) is 3.19. The maximum atomic E-state index is 14.4. The van der Waals surface area contributed by atoms with E-state index in [4.69, 9.17) is 16.3 Å². The lowest BCUT2D eigenvalue weighted by molar-refractivity contribution is 0.0977. The minimum Gasteiger partial charge on any atom is -0.492 e. The van der Waals surface area contributed by atoms with Crippen LogP contribution in [0.25, 0.3) is 0 Å². The Morgan fingerprint density at radius 3 is 2.53 bits per heavy atom. The second kappa shape index (κ2) is 9.26. The molecule has 1 saturated carbocycles. The highest BCUT2D eigenvalue weighted by molar-refractivity contribution is 7.89. The molecule has 10 heteroatoms. The lowest BCUT2D eigenvalue weighted by atomic mass is 10.1. The van der Waals surface area contributed by atoms with Gasteiger partial charge in [-0.25, -0.2) is 26.3 Å². The van der Waals surface area contributed by atoms with E-state index in [1.807, 2.05) is 0 Å². The zero-order valence-corrected chi connectivity index (χ0v) is 17.3. The Bertz CT molecular complexity index is 1060. The van der Waals surface area contributed by atoms with Crippen molar-refractivity contribution in [2.75, 3.05) is 6.61 Å². The molecule has 0 aliphatic heterocycles. The molecule has 0 heterocycles. The first-order chi connectivity index (χ1) is 14.2. The predicted molar refractivity (Wildman–Crippen MR) is 105 cm³/mol. The Morgan fingerprint density at radius 2 is 1.83 bits per heavy atom. The second-order valence-electron chi connectivity index (χ2n) is 7.13. The zero-order chi connectivity index (χ0) is 21.9. The third-order valence-electron chi connectivity index (χ3n) is 4.84. The van der Waals surface area contributed by atoms with Crippen LogP contribution >= 0.6 is 11.6 Å². The first-order valence-corrected chi connectivity index (χ1v) is 11.3. The fourth-order valence-electron chi connectivity index (χ4n) is 3.29. The SMILES string of the molecule is O=C(NS(=O)(=O)Cc1cccc(F)c1F)c1cc(Cl)c(OCC2CCCC2)cc1F. The van der Waals surface area contributed by atoms with Crippen molar-refractivity contribution in [2.45, 2.75) is 31.4 Å². The summed E-state index contributed by atoms with van der Waals surface area (Å²) in [6.45, 7) is 0.373. The lowest BCUT2D eigenvalue weighted by Gasteiger charge is -2.14. The summed E-state index contributed by atoms with van der Waals surface area (Å²) in [4.78, 5) is 12.3. The van der Waals surface area contributed by atoms with E-state index in [1.165, 1.54) is 0 Å². The van der Waals surface area contributed by atoms with Crippen molar-refractivity contribution in [1.82, 2.24) is 4.72 Å². The van der Waals surface area contributed by atoms with Gasteiger partial charge in [0.25, 0.3) is 5.91 Å². The summed E-state index contributed by atoms with van der Waals surface area (Å²) in [5, 5.41) is -0.0480. The van der Waals surface area contributed by atoms with Gasteiger partial charge in [0.2, 0.25) is 10.0 Å². The number of amides is 1. The van der Waals surface area contributed by atoms with Gasteiger partial charge in [-0.05, 0) is 30.9 Å². The minimum atomic E-state index is -4.43. The van der Waals surface area contributed by atoms with Crippen molar-refractivity contribution in [3.63, 3.8) is 0 Å². The first kappa shape index (κ1) is 22.4. The van der Waals surface area contributed by atoms with Crippen molar-refractivity contribution >= 4 is 27.5 Å². The first-order valence-electron chi connectivity index (χ1n) is 9.26. The molecule has 1 fully saturated rings. The molecule has 0 saturated heterocycles. The molecule has 3 rings (SSSR count). The van der Waals surface area contributed by atoms with Crippen LogP contribution in [0.15, 0.2) is 30.3 Å². The Labute approximate surface area is 177 Å². The molecular weight excluding hydrogens is 443 g/mol. The van der Waals surface area contributed by atoms with Crippen molar-refractivity contribution < 1.29 is 31.1 Å². The number of hydrogen-bond acceptors (Lipinski definition) is 4. The van der Waals surface area contributed by atoms with Crippen molar-refractivity contribution in [3.8, 4) is 5.75 Å². The van der Waals surface area contributed by atoms with Crippen molar-refractivity contribution in [1.29, 1.82) is 0 Å². The number of carbonyl (C=O) groups excluding carboxylic acids is 1. The van der Waals surface area contributed by atoms with Crippen LogP contribution in [0.1, 0.15) is 41.6 Å². The van der Waals surface area contributed by atoms with Gasteiger partial charge in [0.05, 0.1) is 22.9 Å². The van der Waals surface area contributed by atoms with Crippen LogP contribution in [0.5, 0.6) is 5.75 Å². The highest BCUT2D eigenvalue weighted by atomic mass is 35.5. The number of hydrogen-bond donors (Lipinski definition) is 1. The highest BCUT2D eigenvalue weighted by Crippen LogP contribution is 2.31. The Kier molecular flexibility index (Phi) is 6.92. The van der Waals surface area contributed by atoms with Gasteiger partial charge in [-0.1, -0.05) is 36.6 Å². The number of rotatable bonds is 7. The number of nitrogens with one attached hydrogen (secondary N) is 1. The van der Waals surface area contributed by atoms with Crippen LogP contribution in [-0.2, 0) is 15.8 Å².